The maximum absolute atomic E-state index is 13.1. The molecule has 1 aliphatic carbocycles. The van der Waals surface area contributed by atoms with Crippen molar-refractivity contribution in [2.75, 3.05) is 19.0 Å². The summed E-state index contributed by atoms with van der Waals surface area (Å²) in [4.78, 5) is 30.2. The first-order valence-corrected chi connectivity index (χ1v) is 13.0. The van der Waals surface area contributed by atoms with Crippen molar-refractivity contribution >= 4 is 29.1 Å². The number of imidazole rings is 1. The van der Waals surface area contributed by atoms with Crippen molar-refractivity contribution in [3.05, 3.63) is 41.6 Å². The summed E-state index contributed by atoms with van der Waals surface area (Å²) in [5, 5.41) is 20.2. The zero-order valence-corrected chi connectivity index (χ0v) is 21.9. The van der Waals surface area contributed by atoms with Gasteiger partial charge in [0.15, 0.2) is 11.3 Å². The number of amides is 2. The van der Waals surface area contributed by atoms with Crippen LogP contribution in [0.25, 0.3) is 5.65 Å². The molecule has 0 spiro atoms. The molecule has 0 bridgehead atoms. The van der Waals surface area contributed by atoms with Crippen molar-refractivity contribution in [1.29, 1.82) is 0 Å². The van der Waals surface area contributed by atoms with Crippen LogP contribution in [-0.2, 0) is 17.9 Å². The van der Waals surface area contributed by atoms with Crippen molar-refractivity contribution < 1.29 is 31.5 Å². The normalized spacial score (nSPS) is 14.8. The summed E-state index contributed by atoms with van der Waals surface area (Å²) in [6, 6.07) is 1.24. The molecule has 3 aromatic rings. The third-order valence-corrected chi connectivity index (χ3v) is 6.45. The number of nitrogens with zero attached hydrogens (tertiary/aromatic N) is 6. The highest BCUT2D eigenvalue weighted by molar-refractivity contribution is 6.18. The Kier molecular flexibility index (Phi) is 9.18. The Labute approximate surface area is 229 Å². The van der Waals surface area contributed by atoms with E-state index >= 15 is 0 Å². The van der Waals surface area contributed by atoms with E-state index in [1.807, 2.05) is 0 Å². The Hall–Kier alpha value is -3.40. The summed E-state index contributed by atoms with van der Waals surface area (Å²) >= 11 is 5.18. The van der Waals surface area contributed by atoms with Crippen LogP contribution in [0.2, 0.25) is 0 Å². The highest BCUT2D eigenvalue weighted by Crippen LogP contribution is 2.41. The maximum Gasteiger partial charge on any atom is 0.389 e. The largest absolute Gasteiger partial charge is 0.389 e. The fourth-order valence-corrected chi connectivity index (χ4v) is 3.96. The number of alkyl halides is 6. The fourth-order valence-electron chi connectivity index (χ4n) is 3.87. The van der Waals surface area contributed by atoms with Crippen molar-refractivity contribution in [2.45, 2.75) is 56.9 Å². The number of carbonyl (C=O) groups excluding carboxylic acids is 2. The van der Waals surface area contributed by atoms with Gasteiger partial charge in [0.25, 0.3) is 11.8 Å². The lowest BCUT2D eigenvalue weighted by atomic mass is 10.0. The summed E-state index contributed by atoms with van der Waals surface area (Å²) in [7, 11) is 0. The molecule has 1 saturated carbocycles. The molecule has 2 amide bonds. The van der Waals surface area contributed by atoms with E-state index in [-0.39, 0.29) is 31.2 Å². The molecule has 0 aliphatic heterocycles. The lowest BCUT2D eigenvalue weighted by molar-refractivity contribution is -0.144. The van der Waals surface area contributed by atoms with E-state index < -0.39 is 55.2 Å². The molecule has 0 saturated heterocycles. The molecule has 3 N–H and O–H groups in total. The molecule has 4 rings (SSSR count). The summed E-state index contributed by atoms with van der Waals surface area (Å²) < 4.78 is 65.2. The number of carbonyl (C=O) groups is 2. The Bertz CT molecular complexity index is 1330. The summed E-state index contributed by atoms with van der Waals surface area (Å²) in [5.74, 6) is -4.89. The van der Waals surface area contributed by atoms with Gasteiger partial charge in [-0.1, -0.05) is 0 Å². The number of hydrogen-bond acceptors (Lipinski definition) is 7. The SMILES string of the molecule is O=C(CCC(F)(F)F)NC(c1cnn2cc(CNC(=O)c3cnn(CCNCC(F)(F)CCl)n3)nc2c1)C1CC1. The number of rotatable bonds is 14. The highest BCUT2D eigenvalue weighted by Gasteiger charge is 2.35. The Morgan fingerprint density at radius 3 is 2.62 bits per heavy atom. The Morgan fingerprint density at radius 1 is 1.15 bits per heavy atom. The van der Waals surface area contributed by atoms with Crippen LogP contribution in [0.4, 0.5) is 22.0 Å². The first-order valence-electron chi connectivity index (χ1n) is 12.5. The zero-order chi connectivity index (χ0) is 28.9. The predicted octanol–water partition coefficient (Wildman–Crippen LogP) is 2.62. The van der Waals surface area contributed by atoms with Crippen LogP contribution in [0, 0.1) is 5.92 Å². The van der Waals surface area contributed by atoms with Gasteiger partial charge in [-0.2, -0.15) is 28.2 Å². The highest BCUT2D eigenvalue weighted by atomic mass is 35.5. The average molecular weight is 592 g/mol. The van der Waals surface area contributed by atoms with E-state index in [4.69, 9.17) is 11.6 Å². The van der Waals surface area contributed by atoms with Gasteiger partial charge in [0.2, 0.25) is 5.91 Å². The van der Waals surface area contributed by atoms with Crippen molar-refractivity contribution in [3.63, 3.8) is 0 Å². The van der Waals surface area contributed by atoms with E-state index in [1.54, 1.807) is 12.3 Å². The molecular weight excluding hydrogens is 565 g/mol. The van der Waals surface area contributed by atoms with Gasteiger partial charge in [-0.3, -0.25) is 9.59 Å². The molecule has 40 heavy (non-hydrogen) atoms. The van der Waals surface area contributed by atoms with Crippen LogP contribution >= 0.6 is 11.6 Å². The second-order valence-corrected chi connectivity index (χ2v) is 9.76. The lowest BCUT2D eigenvalue weighted by Crippen LogP contribution is -2.36. The van der Waals surface area contributed by atoms with Crippen LogP contribution in [0.5, 0.6) is 0 Å². The van der Waals surface area contributed by atoms with Crippen LogP contribution < -0.4 is 16.0 Å². The van der Waals surface area contributed by atoms with E-state index in [1.165, 1.54) is 21.7 Å². The number of nitrogens with one attached hydrogen (secondary N) is 3. The van der Waals surface area contributed by atoms with E-state index in [0.29, 0.717) is 16.9 Å². The van der Waals surface area contributed by atoms with Gasteiger partial charge in [0.05, 0.1) is 62.3 Å². The molecular formula is C23H27ClF5N9O2. The second kappa shape index (κ2) is 12.4. The smallest absolute Gasteiger partial charge is 0.349 e. The van der Waals surface area contributed by atoms with Crippen LogP contribution in [0.1, 0.15) is 53.5 Å². The molecule has 1 aliphatic rings. The van der Waals surface area contributed by atoms with Gasteiger partial charge in [-0.05, 0) is 30.4 Å². The molecule has 1 unspecified atom stereocenters. The van der Waals surface area contributed by atoms with Crippen molar-refractivity contribution in [1.82, 2.24) is 45.5 Å². The van der Waals surface area contributed by atoms with Gasteiger partial charge < -0.3 is 16.0 Å². The first kappa shape index (κ1) is 29.6. The topological polar surface area (TPSA) is 131 Å². The molecule has 0 radical (unpaired) electrons. The monoisotopic (exact) mass is 591 g/mol. The molecule has 1 fully saturated rings. The molecule has 3 heterocycles. The molecule has 1 atom stereocenters. The molecule has 3 aromatic heterocycles. The minimum Gasteiger partial charge on any atom is -0.349 e. The molecule has 11 nitrogen and oxygen atoms in total. The number of halogens is 6. The molecule has 17 heteroatoms. The Balaban J connectivity index is 1.30. The number of hydrogen-bond donors (Lipinski definition) is 3. The Morgan fingerprint density at radius 2 is 1.93 bits per heavy atom. The fraction of sp³-hybridized carbons (Fsp3) is 0.565. The van der Waals surface area contributed by atoms with Gasteiger partial charge >= 0.3 is 6.18 Å². The maximum atomic E-state index is 13.1. The minimum absolute atomic E-state index is 0.0313. The molecule has 0 aromatic carbocycles. The second-order valence-electron chi connectivity index (χ2n) is 9.50. The summed E-state index contributed by atoms with van der Waals surface area (Å²) in [5.41, 5.74) is 1.58. The zero-order valence-electron chi connectivity index (χ0n) is 21.1. The summed E-state index contributed by atoms with van der Waals surface area (Å²) in [6.07, 6.45) is -0.170. The average Bonchev–Trinajstić information content (AvgIpc) is 3.48. The predicted molar refractivity (Wildman–Crippen MR) is 132 cm³/mol. The van der Waals surface area contributed by atoms with Gasteiger partial charge in [0.1, 0.15) is 0 Å². The van der Waals surface area contributed by atoms with Crippen LogP contribution in [0.3, 0.4) is 0 Å². The first-order chi connectivity index (χ1) is 18.9. The van der Waals surface area contributed by atoms with E-state index in [9.17, 15) is 31.5 Å². The molecule has 218 valence electrons. The van der Waals surface area contributed by atoms with Crippen LogP contribution in [-0.4, -0.2) is 72.5 Å². The number of fused-ring (bicyclic) bond motifs is 1. The standard InChI is InChI=1S/C23H27ClF5N9O2/c24-12-22(25,26)13-30-5-6-38-33-10-17(36-38)21(40)31-9-16-11-37-18(34-16)7-15(8-32-37)20(14-1-2-14)35-19(39)3-4-23(27,28)29/h7-8,10-11,14,20,30H,1-6,9,12-13H2,(H,31,40)(H,35,39). The quantitative estimate of drug-likeness (QED) is 0.149. The van der Waals surface area contributed by atoms with Crippen LogP contribution in [0.15, 0.2) is 24.7 Å². The lowest BCUT2D eigenvalue weighted by Gasteiger charge is -2.19. The van der Waals surface area contributed by atoms with Gasteiger partial charge in [-0.25, -0.2) is 18.3 Å². The van der Waals surface area contributed by atoms with Gasteiger partial charge in [0, 0.05) is 13.0 Å². The van der Waals surface area contributed by atoms with Crippen molar-refractivity contribution in [2.24, 2.45) is 5.92 Å². The van der Waals surface area contributed by atoms with E-state index in [2.05, 4.69) is 36.2 Å². The summed E-state index contributed by atoms with van der Waals surface area (Å²) in [6.45, 7) is -0.230. The third kappa shape index (κ3) is 8.55. The van der Waals surface area contributed by atoms with E-state index in [0.717, 1.165) is 12.8 Å². The van der Waals surface area contributed by atoms with Crippen molar-refractivity contribution in [3.8, 4) is 0 Å². The minimum atomic E-state index is -4.41. The van der Waals surface area contributed by atoms with Gasteiger partial charge in [-0.15, -0.1) is 16.7 Å². The third-order valence-electron chi connectivity index (χ3n) is 6.06. The number of aromatic nitrogens is 6.